The van der Waals surface area contributed by atoms with Crippen LogP contribution in [0.15, 0.2) is 77.9 Å². The largest absolute Gasteiger partial charge is 0.493 e. The Labute approximate surface area is 207 Å². The third-order valence-electron chi connectivity index (χ3n) is 4.71. The van der Waals surface area contributed by atoms with Crippen LogP contribution in [0.5, 0.6) is 11.5 Å². The molecule has 35 heavy (non-hydrogen) atoms. The molecule has 0 radical (unpaired) electrons. The molecule has 2 N–H and O–H groups in total. The zero-order valence-electron chi connectivity index (χ0n) is 18.9. The van der Waals surface area contributed by atoms with E-state index in [1.54, 1.807) is 43.3 Å². The molecule has 0 heterocycles. The van der Waals surface area contributed by atoms with Crippen molar-refractivity contribution in [3.63, 3.8) is 0 Å². The molecule has 0 atom stereocenters. The van der Waals surface area contributed by atoms with Gasteiger partial charge in [0.1, 0.15) is 0 Å². The van der Waals surface area contributed by atoms with Gasteiger partial charge in [0.15, 0.2) is 11.5 Å². The Morgan fingerprint density at radius 1 is 0.914 bits per heavy atom. The molecule has 3 aromatic carbocycles. The Hall–Kier alpha value is -4.43. The Kier molecular flexibility index (Phi) is 8.75. The van der Waals surface area contributed by atoms with E-state index in [1.165, 1.54) is 25.5 Å². The molecule has 0 saturated carbocycles. The molecule has 0 aliphatic rings. The number of anilines is 1. The van der Waals surface area contributed by atoms with E-state index in [-0.39, 0.29) is 11.5 Å². The number of methoxy groups -OCH3 is 1. The molecule has 2 amide bonds. The molecule has 0 aliphatic carbocycles. The smallest absolute Gasteiger partial charge is 0.336 e. The quantitative estimate of drug-likeness (QED) is 0.127. The molecule has 3 aromatic rings. The molecular formula is C26H22ClN3O5. The summed E-state index contributed by atoms with van der Waals surface area (Å²) in [6, 6.07) is 19.0. The molecule has 8 nitrogen and oxygen atoms in total. The first-order chi connectivity index (χ1) is 16.9. The van der Waals surface area contributed by atoms with Crippen molar-refractivity contribution in [3.05, 3.63) is 94.5 Å². The number of rotatable bonds is 7. The van der Waals surface area contributed by atoms with E-state index >= 15 is 0 Å². The summed E-state index contributed by atoms with van der Waals surface area (Å²) in [5.41, 5.74) is 4.62. The predicted molar refractivity (Wildman–Crippen MR) is 135 cm³/mol. The average molecular weight is 492 g/mol. The summed E-state index contributed by atoms with van der Waals surface area (Å²) in [5.74, 6) is -1.91. The standard InChI is InChI=1S/C26H22ClN3O5/c1-17-20(27)9-6-10-21(17)29-25(32)26(33)30-28-16-19-11-13-22(23(15-19)34-2)35-24(31)14-12-18-7-4-3-5-8-18/h3-16H,1-2H3,(H,29,32)(H,30,33)/b14-12+,28-16-. The molecule has 0 unspecified atom stereocenters. The van der Waals surface area contributed by atoms with Crippen LogP contribution in [0.2, 0.25) is 5.02 Å². The number of nitrogens with one attached hydrogen (secondary N) is 2. The van der Waals surface area contributed by atoms with Crippen molar-refractivity contribution in [3.8, 4) is 11.5 Å². The number of carbonyl (C=O) groups excluding carboxylic acids is 3. The van der Waals surface area contributed by atoms with Crippen LogP contribution in [-0.2, 0) is 14.4 Å². The fraction of sp³-hybridized carbons (Fsp3) is 0.0769. The van der Waals surface area contributed by atoms with Gasteiger partial charge in [0.2, 0.25) is 0 Å². The van der Waals surface area contributed by atoms with Gasteiger partial charge in [-0.05, 0) is 60.0 Å². The van der Waals surface area contributed by atoms with Crippen molar-refractivity contribution in [1.82, 2.24) is 5.43 Å². The first kappa shape index (κ1) is 25.2. The van der Waals surface area contributed by atoms with Gasteiger partial charge in [-0.3, -0.25) is 9.59 Å². The van der Waals surface area contributed by atoms with E-state index in [0.717, 1.165) is 5.56 Å². The first-order valence-electron chi connectivity index (χ1n) is 10.4. The lowest BCUT2D eigenvalue weighted by Crippen LogP contribution is -2.32. The fourth-order valence-electron chi connectivity index (χ4n) is 2.86. The summed E-state index contributed by atoms with van der Waals surface area (Å²) < 4.78 is 10.6. The Bertz CT molecular complexity index is 1290. The van der Waals surface area contributed by atoms with Gasteiger partial charge in [-0.2, -0.15) is 5.10 Å². The van der Waals surface area contributed by atoms with E-state index in [1.807, 2.05) is 30.3 Å². The summed E-state index contributed by atoms with van der Waals surface area (Å²) in [4.78, 5) is 36.3. The van der Waals surface area contributed by atoms with Gasteiger partial charge in [0, 0.05) is 16.8 Å². The summed E-state index contributed by atoms with van der Waals surface area (Å²) >= 11 is 6.02. The highest BCUT2D eigenvalue weighted by Gasteiger charge is 2.15. The van der Waals surface area contributed by atoms with Gasteiger partial charge < -0.3 is 14.8 Å². The predicted octanol–water partition coefficient (Wildman–Crippen LogP) is 4.36. The molecule has 178 valence electrons. The average Bonchev–Trinajstić information content (AvgIpc) is 2.86. The Morgan fingerprint density at radius 3 is 2.43 bits per heavy atom. The second-order valence-electron chi connectivity index (χ2n) is 7.14. The van der Waals surface area contributed by atoms with E-state index < -0.39 is 17.8 Å². The van der Waals surface area contributed by atoms with E-state index in [0.29, 0.717) is 21.8 Å². The Balaban J connectivity index is 1.58. The van der Waals surface area contributed by atoms with Crippen molar-refractivity contribution in [2.24, 2.45) is 5.10 Å². The molecule has 0 bridgehead atoms. The van der Waals surface area contributed by atoms with Crippen LogP contribution < -0.4 is 20.2 Å². The summed E-state index contributed by atoms with van der Waals surface area (Å²) in [5, 5.41) is 6.74. The number of esters is 1. The number of benzene rings is 3. The highest BCUT2D eigenvalue weighted by atomic mass is 35.5. The topological polar surface area (TPSA) is 106 Å². The van der Waals surface area contributed by atoms with Gasteiger partial charge in [0.25, 0.3) is 0 Å². The van der Waals surface area contributed by atoms with Gasteiger partial charge in [-0.15, -0.1) is 0 Å². The summed E-state index contributed by atoms with van der Waals surface area (Å²) in [6.07, 6.45) is 4.28. The minimum absolute atomic E-state index is 0.215. The third-order valence-corrected chi connectivity index (χ3v) is 5.12. The molecule has 0 fully saturated rings. The van der Waals surface area contributed by atoms with Gasteiger partial charge in [0.05, 0.1) is 13.3 Å². The van der Waals surface area contributed by atoms with Gasteiger partial charge >= 0.3 is 17.8 Å². The number of ether oxygens (including phenoxy) is 2. The van der Waals surface area contributed by atoms with Crippen LogP contribution >= 0.6 is 11.6 Å². The van der Waals surface area contributed by atoms with Crippen molar-refractivity contribution in [2.75, 3.05) is 12.4 Å². The van der Waals surface area contributed by atoms with Crippen LogP contribution in [0.1, 0.15) is 16.7 Å². The van der Waals surface area contributed by atoms with Crippen molar-refractivity contribution < 1.29 is 23.9 Å². The second-order valence-corrected chi connectivity index (χ2v) is 7.55. The highest BCUT2D eigenvalue weighted by molar-refractivity contribution is 6.40. The zero-order valence-corrected chi connectivity index (χ0v) is 19.7. The van der Waals surface area contributed by atoms with Crippen LogP contribution in [0.3, 0.4) is 0 Å². The summed E-state index contributed by atoms with van der Waals surface area (Å²) in [7, 11) is 1.43. The molecule has 0 aromatic heterocycles. The molecule has 3 rings (SSSR count). The van der Waals surface area contributed by atoms with E-state index in [2.05, 4.69) is 15.8 Å². The van der Waals surface area contributed by atoms with Crippen molar-refractivity contribution in [2.45, 2.75) is 6.92 Å². The number of hydrazone groups is 1. The molecule has 9 heteroatoms. The highest BCUT2D eigenvalue weighted by Crippen LogP contribution is 2.28. The van der Waals surface area contributed by atoms with E-state index in [9.17, 15) is 14.4 Å². The molecular weight excluding hydrogens is 470 g/mol. The number of carbonyl (C=O) groups is 3. The molecule has 0 spiro atoms. The maximum absolute atomic E-state index is 12.1. The molecule has 0 aliphatic heterocycles. The number of halogens is 1. The lowest BCUT2D eigenvalue weighted by atomic mass is 10.2. The minimum atomic E-state index is -0.955. The Morgan fingerprint density at radius 2 is 1.69 bits per heavy atom. The number of amides is 2. The van der Waals surface area contributed by atoms with Gasteiger partial charge in [-0.1, -0.05) is 48.0 Å². The van der Waals surface area contributed by atoms with Crippen LogP contribution in [-0.4, -0.2) is 31.1 Å². The second kappa shape index (κ2) is 12.2. The SMILES string of the molecule is COc1cc(/C=N\NC(=O)C(=O)Nc2cccc(Cl)c2C)ccc1OC(=O)/C=C/c1ccccc1. The lowest BCUT2D eigenvalue weighted by Gasteiger charge is -2.09. The van der Waals surface area contributed by atoms with Crippen LogP contribution in [0.4, 0.5) is 5.69 Å². The minimum Gasteiger partial charge on any atom is -0.493 e. The number of nitrogens with zero attached hydrogens (tertiary/aromatic N) is 1. The van der Waals surface area contributed by atoms with Gasteiger partial charge in [-0.25, -0.2) is 10.2 Å². The third kappa shape index (κ3) is 7.28. The number of hydrogen-bond donors (Lipinski definition) is 2. The monoisotopic (exact) mass is 491 g/mol. The normalized spacial score (nSPS) is 10.8. The number of hydrogen-bond acceptors (Lipinski definition) is 6. The first-order valence-corrected chi connectivity index (χ1v) is 10.8. The molecule has 0 saturated heterocycles. The zero-order chi connectivity index (χ0) is 25.2. The van der Waals surface area contributed by atoms with Crippen molar-refractivity contribution in [1.29, 1.82) is 0 Å². The fourth-order valence-corrected chi connectivity index (χ4v) is 3.03. The van der Waals surface area contributed by atoms with Crippen LogP contribution in [0.25, 0.3) is 6.08 Å². The van der Waals surface area contributed by atoms with Crippen LogP contribution in [0, 0.1) is 6.92 Å². The lowest BCUT2D eigenvalue weighted by molar-refractivity contribution is -0.136. The van der Waals surface area contributed by atoms with E-state index in [4.69, 9.17) is 21.1 Å². The maximum Gasteiger partial charge on any atom is 0.336 e. The maximum atomic E-state index is 12.1. The summed E-state index contributed by atoms with van der Waals surface area (Å²) in [6.45, 7) is 1.72. The van der Waals surface area contributed by atoms with Crippen molar-refractivity contribution >= 4 is 47.4 Å².